The van der Waals surface area contributed by atoms with Gasteiger partial charge >= 0.3 is 0 Å². The molecule has 0 amide bonds. The predicted octanol–water partition coefficient (Wildman–Crippen LogP) is 5.64. The third-order valence-electron chi connectivity index (χ3n) is 4.33. The van der Waals surface area contributed by atoms with Gasteiger partial charge in [0.15, 0.2) is 5.16 Å². The number of aromatic amines is 1. The molecule has 0 unspecified atom stereocenters. The Kier molecular flexibility index (Phi) is 4.63. The van der Waals surface area contributed by atoms with Crippen LogP contribution in [0, 0.1) is 13.8 Å². The number of aromatic nitrogens is 3. The molecular formula is C21H19N3OS. The number of benzene rings is 2. The summed E-state index contributed by atoms with van der Waals surface area (Å²) in [5.41, 5.74) is 6.31. The second-order valence-corrected chi connectivity index (χ2v) is 7.05. The maximum absolute atomic E-state index is 5.26. The molecule has 5 heteroatoms. The molecule has 2 aromatic carbocycles. The molecule has 0 radical (unpaired) electrons. The average Bonchev–Trinajstić information content (AvgIpc) is 3.25. The van der Waals surface area contributed by atoms with Crippen LogP contribution in [-0.2, 0) is 5.75 Å². The summed E-state index contributed by atoms with van der Waals surface area (Å²) >= 11 is 1.66. The van der Waals surface area contributed by atoms with Crippen LogP contribution in [0.3, 0.4) is 0 Å². The molecule has 0 atom stereocenters. The lowest BCUT2D eigenvalue weighted by atomic mass is 10.1. The summed E-state index contributed by atoms with van der Waals surface area (Å²) in [4.78, 5) is 8.37. The number of nitrogens with one attached hydrogen (secondary N) is 1. The van der Waals surface area contributed by atoms with Gasteiger partial charge in [-0.2, -0.15) is 0 Å². The molecular weight excluding hydrogens is 342 g/mol. The molecule has 0 bridgehead atoms. The molecule has 130 valence electrons. The highest BCUT2D eigenvalue weighted by atomic mass is 32.2. The molecule has 0 aliphatic carbocycles. The number of imidazole rings is 1. The summed E-state index contributed by atoms with van der Waals surface area (Å²) < 4.78 is 5.26. The molecule has 0 saturated carbocycles. The zero-order chi connectivity index (χ0) is 17.9. The normalized spacial score (nSPS) is 11.0. The molecule has 0 fully saturated rings. The van der Waals surface area contributed by atoms with Gasteiger partial charge in [-0.15, -0.1) is 0 Å². The Morgan fingerprint density at radius 3 is 2.19 bits per heavy atom. The van der Waals surface area contributed by atoms with Gasteiger partial charge in [-0.25, -0.2) is 4.98 Å². The lowest BCUT2D eigenvalue weighted by molar-refractivity contribution is 0.392. The van der Waals surface area contributed by atoms with Crippen LogP contribution in [0.2, 0.25) is 0 Å². The second-order valence-electron chi connectivity index (χ2n) is 6.09. The lowest BCUT2D eigenvalue weighted by Gasteiger charge is -2.02. The summed E-state index contributed by atoms with van der Waals surface area (Å²) in [6.45, 7) is 3.92. The minimum atomic E-state index is 0.775. The molecule has 0 aliphatic heterocycles. The molecule has 0 saturated heterocycles. The fourth-order valence-corrected chi connectivity index (χ4v) is 3.91. The van der Waals surface area contributed by atoms with Crippen LogP contribution in [0.25, 0.3) is 22.5 Å². The van der Waals surface area contributed by atoms with E-state index in [0.717, 1.165) is 50.4 Å². The molecule has 4 aromatic rings. The SMILES string of the molecule is Cc1noc(C)c1CSc1nc(-c2ccccc2)c(-c2ccccc2)[nH]1. The third-order valence-corrected chi connectivity index (χ3v) is 5.23. The summed E-state index contributed by atoms with van der Waals surface area (Å²) in [6.07, 6.45) is 0. The van der Waals surface area contributed by atoms with Crippen molar-refractivity contribution in [2.24, 2.45) is 0 Å². The minimum absolute atomic E-state index is 0.775. The number of thioether (sulfide) groups is 1. The van der Waals surface area contributed by atoms with E-state index in [2.05, 4.69) is 34.4 Å². The van der Waals surface area contributed by atoms with Crippen molar-refractivity contribution >= 4 is 11.8 Å². The maximum atomic E-state index is 5.26. The predicted molar refractivity (Wildman–Crippen MR) is 105 cm³/mol. The number of aryl methyl sites for hydroxylation is 2. The number of hydrogen-bond donors (Lipinski definition) is 1. The maximum Gasteiger partial charge on any atom is 0.166 e. The number of H-pyrrole nitrogens is 1. The molecule has 0 spiro atoms. The number of nitrogens with zero attached hydrogens (tertiary/aromatic N) is 2. The standard InChI is InChI=1S/C21H19N3OS/c1-14-18(15(2)25-24-14)13-26-21-22-19(16-9-5-3-6-10-16)20(23-21)17-11-7-4-8-12-17/h3-12H,13H2,1-2H3,(H,22,23). The van der Waals surface area contributed by atoms with Gasteiger partial charge in [-0.3, -0.25) is 0 Å². The van der Waals surface area contributed by atoms with Gasteiger partial charge < -0.3 is 9.51 Å². The van der Waals surface area contributed by atoms with E-state index in [0.29, 0.717) is 0 Å². The summed E-state index contributed by atoms with van der Waals surface area (Å²) in [5, 5.41) is 4.92. The van der Waals surface area contributed by atoms with Gasteiger partial charge in [0.1, 0.15) is 5.76 Å². The van der Waals surface area contributed by atoms with Crippen molar-refractivity contribution in [2.75, 3.05) is 0 Å². The Bertz CT molecular complexity index is 930. The van der Waals surface area contributed by atoms with Crippen molar-refractivity contribution in [3.8, 4) is 22.5 Å². The van der Waals surface area contributed by atoms with E-state index in [9.17, 15) is 0 Å². The average molecular weight is 361 g/mol. The van der Waals surface area contributed by atoms with E-state index < -0.39 is 0 Å². The molecule has 1 N–H and O–H groups in total. The minimum Gasteiger partial charge on any atom is -0.361 e. The Balaban J connectivity index is 1.70. The quantitative estimate of drug-likeness (QED) is 0.467. The molecule has 4 rings (SSSR count). The number of hydrogen-bond acceptors (Lipinski definition) is 4. The smallest absolute Gasteiger partial charge is 0.166 e. The van der Waals surface area contributed by atoms with E-state index in [-0.39, 0.29) is 0 Å². The van der Waals surface area contributed by atoms with Crippen LogP contribution in [0.15, 0.2) is 70.3 Å². The van der Waals surface area contributed by atoms with Crippen molar-refractivity contribution in [1.29, 1.82) is 0 Å². The first-order valence-corrected chi connectivity index (χ1v) is 9.46. The van der Waals surface area contributed by atoms with Crippen LogP contribution in [0.4, 0.5) is 0 Å². The summed E-state index contributed by atoms with van der Waals surface area (Å²) in [7, 11) is 0. The highest BCUT2D eigenvalue weighted by Crippen LogP contribution is 2.34. The van der Waals surface area contributed by atoms with Gasteiger partial charge in [-0.05, 0) is 13.8 Å². The van der Waals surface area contributed by atoms with Gasteiger partial charge in [0.2, 0.25) is 0 Å². The first-order chi connectivity index (χ1) is 12.7. The van der Waals surface area contributed by atoms with Crippen molar-refractivity contribution in [3.05, 3.63) is 77.7 Å². The molecule has 2 aromatic heterocycles. The van der Waals surface area contributed by atoms with Gasteiger partial charge in [0.25, 0.3) is 0 Å². The molecule has 4 nitrogen and oxygen atoms in total. The fourth-order valence-electron chi connectivity index (χ4n) is 2.89. The van der Waals surface area contributed by atoms with Crippen LogP contribution >= 0.6 is 11.8 Å². The van der Waals surface area contributed by atoms with Crippen molar-refractivity contribution in [1.82, 2.24) is 15.1 Å². The van der Waals surface area contributed by atoms with Gasteiger partial charge in [0, 0.05) is 22.4 Å². The molecule has 2 heterocycles. The highest BCUT2D eigenvalue weighted by Gasteiger charge is 2.16. The van der Waals surface area contributed by atoms with Crippen LogP contribution < -0.4 is 0 Å². The Morgan fingerprint density at radius 1 is 0.923 bits per heavy atom. The van der Waals surface area contributed by atoms with Crippen molar-refractivity contribution in [2.45, 2.75) is 24.8 Å². The highest BCUT2D eigenvalue weighted by molar-refractivity contribution is 7.98. The van der Waals surface area contributed by atoms with E-state index in [4.69, 9.17) is 9.51 Å². The molecule has 0 aliphatic rings. The van der Waals surface area contributed by atoms with Crippen LogP contribution in [-0.4, -0.2) is 15.1 Å². The monoisotopic (exact) mass is 361 g/mol. The van der Waals surface area contributed by atoms with E-state index >= 15 is 0 Å². The van der Waals surface area contributed by atoms with Crippen LogP contribution in [0.1, 0.15) is 17.0 Å². The zero-order valence-corrected chi connectivity index (χ0v) is 15.5. The first-order valence-electron chi connectivity index (χ1n) is 8.48. The van der Waals surface area contributed by atoms with Gasteiger partial charge in [-0.1, -0.05) is 77.6 Å². The Hall–Kier alpha value is -2.79. The summed E-state index contributed by atoms with van der Waals surface area (Å²) in [5.74, 6) is 1.64. The number of rotatable bonds is 5. The Labute approximate surface area is 156 Å². The fraction of sp³-hybridized carbons (Fsp3) is 0.143. The van der Waals surface area contributed by atoms with Crippen LogP contribution in [0.5, 0.6) is 0 Å². The Morgan fingerprint density at radius 2 is 1.58 bits per heavy atom. The zero-order valence-electron chi connectivity index (χ0n) is 14.7. The topological polar surface area (TPSA) is 54.7 Å². The van der Waals surface area contributed by atoms with Gasteiger partial charge in [0.05, 0.1) is 17.1 Å². The van der Waals surface area contributed by atoms with Crippen molar-refractivity contribution < 1.29 is 4.52 Å². The van der Waals surface area contributed by atoms with Crippen molar-refractivity contribution in [3.63, 3.8) is 0 Å². The second kappa shape index (κ2) is 7.22. The van der Waals surface area contributed by atoms with E-state index in [1.807, 2.05) is 50.2 Å². The third kappa shape index (κ3) is 3.30. The lowest BCUT2D eigenvalue weighted by Crippen LogP contribution is -1.86. The van der Waals surface area contributed by atoms with E-state index in [1.54, 1.807) is 11.8 Å². The first kappa shape index (κ1) is 16.7. The summed E-state index contributed by atoms with van der Waals surface area (Å²) in [6, 6.07) is 20.6. The largest absolute Gasteiger partial charge is 0.361 e. The van der Waals surface area contributed by atoms with E-state index in [1.165, 1.54) is 0 Å². The molecule has 26 heavy (non-hydrogen) atoms.